The molecule has 2 aromatic heterocycles. The highest BCUT2D eigenvalue weighted by atomic mass is 19.1. The molecule has 0 saturated carbocycles. The number of pyridine rings is 1. The quantitative estimate of drug-likeness (QED) is 0.539. The molecule has 3 rings (SSSR count). The molecular formula is C17H15FN4O2. The first kappa shape index (κ1) is 15.8. The Morgan fingerprint density at radius 3 is 2.79 bits per heavy atom. The molecule has 2 heterocycles. The van der Waals surface area contributed by atoms with Gasteiger partial charge >= 0.3 is 5.97 Å². The van der Waals surface area contributed by atoms with E-state index in [0.717, 1.165) is 5.56 Å². The molecule has 1 aromatic carbocycles. The number of azo groups is 1. The molecule has 7 heteroatoms. The van der Waals surface area contributed by atoms with Crippen molar-refractivity contribution >= 4 is 23.1 Å². The first-order chi connectivity index (χ1) is 11.6. The van der Waals surface area contributed by atoms with E-state index in [0.29, 0.717) is 17.2 Å². The molecule has 0 fully saturated rings. The van der Waals surface area contributed by atoms with E-state index in [4.69, 9.17) is 4.74 Å². The van der Waals surface area contributed by atoms with Crippen LogP contribution in [0.4, 0.5) is 15.9 Å². The van der Waals surface area contributed by atoms with Crippen molar-refractivity contribution in [2.24, 2.45) is 10.2 Å². The molecule has 6 nitrogen and oxygen atoms in total. The van der Waals surface area contributed by atoms with Crippen LogP contribution in [-0.2, 0) is 16.0 Å². The zero-order valence-corrected chi connectivity index (χ0v) is 13.2. The van der Waals surface area contributed by atoms with Gasteiger partial charge < -0.3 is 4.74 Å². The lowest BCUT2D eigenvalue weighted by Crippen LogP contribution is -2.04. The predicted octanol–water partition coefficient (Wildman–Crippen LogP) is 3.91. The van der Waals surface area contributed by atoms with Crippen molar-refractivity contribution < 1.29 is 13.9 Å². The predicted molar refractivity (Wildman–Crippen MR) is 86.2 cm³/mol. The average molecular weight is 326 g/mol. The molecule has 0 N–H and O–H groups in total. The summed E-state index contributed by atoms with van der Waals surface area (Å²) in [5, 5.41) is 8.09. The Balaban J connectivity index is 2.10. The van der Waals surface area contributed by atoms with Crippen molar-refractivity contribution in [3.05, 3.63) is 59.7 Å². The van der Waals surface area contributed by atoms with E-state index in [-0.39, 0.29) is 12.1 Å². The van der Waals surface area contributed by atoms with Crippen LogP contribution in [0.25, 0.3) is 5.65 Å². The molecule has 0 saturated heterocycles. The van der Waals surface area contributed by atoms with Crippen molar-refractivity contribution in [2.45, 2.75) is 13.3 Å². The number of hydrogen-bond donors (Lipinski definition) is 0. The Kier molecular flexibility index (Phi) is 4.33. The maximum absolute atomic E-state index is 13.7. The molecule has 0 aliphatic rings. The summed E-state index contributed by atoms with van der Waals surface area (Å²) >= 11 is 0. The van der Waals surface area contributed by atoms with Crippen LogP contribution in [0.15, 0.2) is 52.8 Å². The van der Waals surface area contributed by atoms with E-state index in [1.54, 1.807) is 22.7 Å². The number of nitrogens with zero attached hydrogens (tertiary/aromatic N) is 4. The Morgan fingerprint density at radius 2 is 2.04 bits per heavy atom. The van der Waals surface area contributed by atoms with Crippen LogP contribution in [0.5, 0.6) is 0 Å². The number of methoxy groups -OCH3 is 1. The van der Waals surface area contributed by atoms with Gasteiger partial charge in [-0.25, -0.2) is 9.37 Å². The highest BCUT2D eigenvalue weighted by Gasteiger charge is 2.17. The average Bonchev–Trinajstić information content (AvgIpc) is 2.93. The van der Waals surface area contributed by atoms with Gasteiger partial charge in [-0.3, -0.25) is 9.20 Å². The molecule has 0 amide bonds. The largest absolute Gasteiger partial charge is 0.469 e. The number of ether oxygens (including phenoxy) is 1. The number of imidazole rings is 1. The number of halogens is 1. The summed E-state index contributed by atoms with van der Waals surface area (Å²) < 4.78 is 20.1. The van der Waals surface area contributed by atoms with E-state index < -0.39 is 11.8 Å². The standard InChI is InChI=1S/C17H15FN4O2/c1-11-6-5-9-22-16(11)19-14(10-15(23)24-2)17(22)21-20-13-8-4-3-7-12(13)18/h3-9H,10H2,1-2H3. The summed E-state index contributed by atoms with van der Waals surface area (Å²) in [5.74, 6) is -0.526. The number of fused-ring (bicyclic) bond motifs is 1. The summed E-state index contributed by atoms with van der Waals surface area (Å²) in [7, 11) is 1.31. The number of carbonyl (C=O) groups excluding carboxylic acids is 1. The number of esters is 1. The minimum atomic E-state index is -0.472. The third-order valence-electron chi connectivity index (χ3n) is 3.53. The number of carbonyl (C=O) groups is 1. The Morgan fingerprint density at radius 1 is 1.25 bits per heavy atom. The molecule has 0 aliphatic heterocycles. The van der Waals surface area contributed by atoms with Crippen molar-refractivity contribution in [3.63, 3.8) is 0 Å². The lowest BCUT2D eigenvalue weighted by Gasteiger charge is -2.00. The third kappa shape index (κ3) is 3.01. The van der Waals surface area contributed by atoms with Gasteiger partial charge in [0.2, 0.25) is 0 Å². The normalized spacial score (nSPS) is 11.3. The molecule has 122 valence electrons. The van der Waals surface area contributed by atoms with Gasteiger partial charge in [0.25, 0.3) is 0 Å². The maximum atomic E-state index is 13.7. The fourth-order valence-electron chi connectivity index (χ4n) is 2.31. The summed E-state index contributed by atoms with van der Waals surface area (Å²) in [6.07, 6.45) is 1.73. The molecular weight excluding hydrogens is 311 g/mol. The molecule has 0 spiro atoms. The summed E-state index contributed by atoms with van der Waals surface area (Å²) in [4.78, 5) is 16.1. The van der Waals surface area contributed by atoms with E-state index in [1.807, 2.05) is 19.1 Å². The van der Waals surface area contributed by atoms with Gasteiger partial charge in [0.1, 0.15) is 11.3 Å². The first-order valence-electron chi connectivity index (χ1n) is 7.30. The SMILES string of the molecule is COC(=O)Cc1nc2c(C)cccn2c1N=Nc1ccccc1F. The first-order valence-corrected chi connectivity index (χ1v) is 7.30. The lowest BCUT2D eigenvalue weighted by molar-refractivity contribution is -0.139. The van der Waals surface area contributed by atoms with Gasteiger partial charge in [0.05, 0.1) is 19.2 Å². The number of aryl methyl sites for hydroxylation is 1. The lowest BCUT2D eigenvalue weighted by atomic mass is 10.3. The van der Waals surface area contributed by atoms with E-state index in [1.165, 1.54) is 19.2 Å². The summed E-state index contributed by atoms with van der Waals surface area (Å²) in [5.41, 5.74) is 2.13. The monoisotopic (exact) mass is 326 g/mol. The highest BCUT2D eigenvalue weighted by molar-refractivity contribution is 5.74. The Hall–Kier alpha value is -3.09. The number of rotatable bonds is 4. The maximum Gasteiger partial charge on any atom is 0.311 e. The second-order valence-corrected chi connectivity index (χ2v) is 5.17. The smallest absolute Gasteiger partial charge is 0.311 e. The van der Waals surface area contributed by atoms with Crippen LogP contribution >= 0.6 is 0 Å². The van der Waals surface area contributed by atoms with Crippen LogP contribution in [0, 0.1) is 12.7 Å². The zero-order chi connectivity index (χ0) is 17.1. The van der Waals surface area contributed by atoms with Gasteiger partial charge in [0, 0.05) is 6.20 Å². The summed E-state index contributed by atoms with van der Waals surface area (Å²) in [6.45, 7) is 1.90. The van der Waals surface area contributed by atoms with Gasteiger partial charge in [-0.15, -0.1) is 10.2 Å². The molecule has 24 heavy (non-hydrogen) atoms. The van der Waals surface area contributed by atoms with Crippen molar-refractivity contribution in [1.29, 1.82) is 0 Å². The molecule has 0 bridgehead atoms. The van der Waals surface area contributed by atoms with Crippen LogP contribution in [-0.4, -0.2) is 22.5 Å². The van der Waals surface area contributed by atoms with Crippen LogP contribution in [0.3, 0.4) is 0 Å². The molecule has 3 aromatic rings. The van der Waals surface area contributed by atoms with Gasteiger partial charge in [-0.05, 0) is 30.7 Å². The van der Waals surface area contributed by atoms with Crippen LogP contribution < -0.4 is 0 Å². The minimum Gasteiger partial charge on any atom is -0.469 e. The second-order valence-electron chi connectivity index (χ2n) is 5.17. The molecule has 0 aliphatic carbocycles. The molecule has 0 radical (unpaired) electrons. The number of aromatic nitrogens is 2. The Labute approximate surface area is 137 Å². The van der Waals surface area contributed by atoms with E-state index in [2.05, 4.69) is 15.2 Å². The van der Waals surface area contributed by atoms with Crippen molar-refractivity contribution in [3.8, 4) is 0 Å². The third-order valence-corrected chi connectivity index (χ3v) is 3.53. The fraction of sp³-hybridized carbons (Fsp3) is 0.176. The highest BCUT2D eigenvalue weighted by Crippen LogP contribution is 2.27. The van der Waals surface area contributed by atoms with E-state index >= 15 is 0 Å². The topological polar surface area (TPSA) is 68.3 Å². The van der Waals surface area contributed by atoms with Crippen LogP contribution in [0.1, 0.15) is 11.3 Å². The number of benzene rings is 1. The molecule has 0 atom stereocenters. The zero-order valence-electron chi connectivity index (χ0n) is 13.2. The van der Waals surface area contributed by atoms with Gasteiger partial charge in [-0.2, -0.15) is 0 Å². The fourth-order valence-corrected chi connectivity index (χ4v) is 2.31. The van der Waals surface area contributed by atoms with Gasteiger partial charge in [0.15, 0.2) is 11.6 Å². The summed E-state index contributed by atoms with van der Waals surface area (Å²) in [6, 6.07) is 9.83. The van der Waals surface area contributed by atoms with Crippen molar-refractivity contribution in [1.82, 2.24) is 9.38 Å². The molecule has 0 unspecified atom stereocenters. The number of hydrogen-bond acceptors (Lipinski definition) is 5. The Bertz CT molecular complexity index is 933. The minimum absolute atomic E-state index is 0.0384. The van der Waals surface area contributed by atoms with Gasteiger partial charge in [-0.1, -0.05) is 18.2 Å². The van der Waals surface area contributed by atoms with E-state index in [9.17, 15) is 9.18 Å². The second kappa shape index (κ2) is 6.57. The van der Waals surface area contributed by atoms with Crippen LogP contribution in [0.2, 0.25) is 0 Å². The van der Waals surface area contributed by atoms with Crippen molar-refractivity contribution in [2.75, 3.05) is 7.11 Å².